The Balaban J connectivity index is 3.00. The minimum atomic E-state index is -0.887. The Labute approximate surface area is 100 Å². The summed E-state index contributed by atoms with van der Waals surface area (Å²) < 4.78 is 1.30. The predicted octanol–water partition coefficient (Wildman–Crippen LogP) is 1.97. The molecular formula is C10H6Cl2N2O2. The highest BCUT2D eigenvalue weighted by molar-refractivity contribution is 6.67. The largest absolute Gasteiger partial charge is 0.308 e. The maximum absolute atomic E-state index is 11.7. The van der Waals surface area contributed by atoms with E-state index < -0.39 is 10.8 Å². The molecule has 4 nitrogen and oxygen atoms in total. The van der Waals surface area contributed by atoms with Gasteiger partial charge in [0.25, 0.3) is 10.8 Å². The van der Waals surface area contributed by atoms with E-state index in [1.807, 2.05) is 0 Å². The average molecular weight is 257 g/mol. The molecule has 1 heterocycles. The highest BCUT2D eigenvalue weighted by Gasteiger charge is 2.14. The van der Waals surface area contributed by atoms with Gasteiger partial charge in [0.2, 0.25) is 0 Å². The molecule has 0 unspecified atom stereocenters. The van der Waals surface area contributed by atoms with Crippen molar-refractivity contribution in [1.82, 2.24) is 9.55 Å². The Kier molecular flexibility index (Phi) is 2.69. The second-order valence-corrected chi connectivity index (χ2v) is 3.96. The molecule has 0 fully saturated rings. The lowest BCUT2D eigenvalue weighted by Crippen LogP contribution is -2.24. The standard InChI is InChI=1S/C10H6Cl2N2O2/c1-14-6-4-2-3-5(11)7(6)13-8(9(12)15)10(14)16/h2-4H,1H3. The SMILES string of the molecule is Cn1c(=O)c(C(=O)Cl)nc2c(Cl)cccc21. The number of carbonyl (C=O) groups is 1. The van der Waals surface area contributed by atoms with Gasteiger partial charge in [-0.15, -0.1) is 0 Å². The second kappa shape index (κ2) is 3.88. The Bertz CT molecular complexity index is 649. The van der Waals surface area contributed by atoms with Gasteiger partial charge in [-0.3, -0.25) is 9.59 Å². The summed E-state index contributed by atoms with van der Waals surface area (Å²) in [5.41, 5.74) is 0.0916. The Morgan fingerprint density at radius 1 is 1.44 bits per heavy atom. The first-order valence-corrected chi connectivity index (χ1v) is 5.13. The molecule has 0 aliphatic rings. The van der Waals surface area contributed by atoms with Crippen LogP contribution in [0.5, 0.6) is 0 Å². The van der Waals surface area contributed by atoms with E-state index in [9.17, 15) is 9.59 Å². The number of benzene rings is 1. The third-order valence-corrected chi connectivity index (χ3v) is 2.73. The minimum Gasteiger partial charge on any atom is -0.308 e. The van der Waals surface area contributed by atoms with Crippen LogP contribution in [-0.2, 0) is 7.05 Å². The molecule has 0 saturated heterocycles. The van der Waals surface area contributed by atoms with Crippen molar-refractivity contribution in [1.29, 1.82) is 0 Å². The zero-order valence-corrected chi connectivity index (χ0v) is 9.71. The molecule has 0 N–H and O–H groups in total. The van der Waals surface area contributed by atoms with Crippen molar-refractivity contribution in [3.63, 3.8) is 0 Å². The Morgan fingerprint density at radius 2 is 2.12 bits per heavy atom. The summed E-state index contributed by atoms with van der Waals surface area (Å²) in [7, 11) is 1.53. The first-order chi connectivity index (χ1) is 7.52. The molecule has 82 valence electrons. The van der Waals surface area contributed by atoms with Crippen LogP contribution in [0.4, 0.5) is 0 Å². The Hall–Kier alpha value is -1.39. The number of aromatic nitrogens is 2. The summed E-state index contributed by atoms with van der Waals surface area (Å²) in [5.74, 6) is 0. The lowest BCUT2D eigenvalue weighted by Gasteiger charge is -2.06. The number of hydrogen-bond acceptors (Lipinski definition) is 3. The molecule has 0 spiro atoms. The van der Waals surface area contributed by atoms with Gasteiger partial charge in [-0.1, -0.05) is 17.7 Å². The van der Waals surface area contributed by atoms with Gasteiger partial charge in [0, 0.05) is 7.05 Å². The molecule has 0 saturated carbocycles. The number of rotatable bonds is 1. The monoisotopic (exact) mass is 256 g/mol. The topological polar surface area (TPSA) is 52.0 Å². The number of nitrogens with zero attached hydrogens (tertiary/aromatic N) is 2. The third kappa shape index (κ3) is 1.60. The highest BCUT2D eigenvalue weighted by Crippen LogP contribution is 2.19. The maximum Gasteiger partial charge on any atom is 0.281 e. The summed E-state index contributed by atoms with van der Waals surface area (Å²) in [6, 6.07) is 5.02. The van der Waals surface area contributed by atoms with E-state index in [1.165, 1.54) is 11.6 Å². The van der Waals surface area contributed by atoms with E-state index in [0.717, 1.165) is 0 Å². The smallest absolute Gasteiger partial charge is 0.281 e. The molecule has 2 aromatic rings. The average Bonchev–Trinajstić information content (AvgIpc) is 2.23. The van der Waals surface area contributed by atoms with Gasteiger partial charge in [-0.2, -0.15) is 0 Å². The van der Waals surface area contributed by atoms with E-state index in [4.69, 9.17) is 23.2 Å². The predicted molar refractivity (Wildman–Crippen MR) is 62.2 cm³/mol. The zero-order valence-electron chi connectivity index (χ0n) is 8.20. The lowest BCUT2D eigenvalue weighted by atomic mass is 10.3. The van der Waals surface area contributed by atoms with Crippen LogP contribution < -0.4 is 5.56 Å². The van der Waals surface area contributed by atoms with Crippen molar-refractivity contribution in [2.24, 2.45) is 7.05 Å². The van der Waals surface area contributed by atoms with Gasteiger partial charge in [0.15, 0.2) is 5.69 Å². The van der Waals surface area contributed by atoms with E-state index >= 15 is 0 Å². The van der Waals surface area contributed by atoms with Gasteiger partial charge in [-0.25, -0.2) is 4.98 Å². The van der Waals surface area contributed by atoms with E-state index in [0.29, 0.717) is 16.1 Å². The molecule has 0 aliphatic heterocycles. The fourth-order valence-corrected chi connectivity index (χ4v) is 1.78. The van der Waals surface area contributed by atoms with E-state index in [1.54, 1.807) is 18.2 Å². The fraction of sp³-hybridized carbons (Fsp3) is 0.100. The van der Waals surface area contributed by atoms with Crippen LogP contribution in [0.15, 0.2) is 23.0 Å². The highest BCUT2D eigenvalue weighted by atomic mass is 35.5. The van der Waals surface area contributed by atoms with Crippen LogP contribution in [0.3, 0.4) is 0 Å². The summed E-state index contributed by atoms with van der Waals surface area (Å²) in [6.07, 6.45) is 0. The van der Waals surface area contributed by atoms with Crippen LogP contribution in [0.1, 0.15) is 10.5 Å². The summed E-state index contributed by atoms with van der Waals surface area (Å²) in [6.45, 7) is 0. The number of aryl methyl sites for hydroxylation is 1. The molecule has 0 radical (unpaired) electrons. The van der Waals surface area contributed by atoms with Crippen molar-refractivity contribution in [3.05, 3.63) is 39.3 Å². The normalized spacial score (nSPS) is 10.7. The molecular weight excluding hydrogens is 251 g/mol. The van der Waals surface area contributed by atoms with Crippen molar-refractivity contribution < 1.29 is 4.79 Å². The molecule has 1 aromatic carbocycles. The van der Waals surface area contributed by atoms with E-state index in [-0.39, 0.29) is 5.69 Å². The van der Waals surface area contributed by atoms with Gasteiger partial charge >= 0.3 is 0 Å². The molecule has 16 heavy (non-hydrogen) atoms. The molecule has 1 aromatic heterocycles. The molecule has 6 heteroatoms. The van der Waals surface area contributed by atoms with Crippen LogP contribution >= 0.6 is 23.2 Å². The minimum absolute atomic E-state index is 0.315. The first kappa shape index (κ1) is 11.1. The molecule has 0 atom stereocenters. The van der Waals surface area contributed by atoms with Crippen LogP contribution in [0.25, 0.3) is 11.0 Å². The zero-order chi connectivity index (χ0) is 11.9. The van der Waals surface area contributed by atoms with Gasteiger partial charge in [-0.05, 0) is 23.7 Å². The number of fused-ring (bicyclic) bond motifs is 1. The molecule has 0 amide bonds. The molecule has 2 rings (SSSR count). The first-order valence-electron chi connectivity index (χ1n) is 4.37. The lowest BCUT2D eigenvalue weighted by molar-refractivity contribution is 0.107. The number of halogens is 2. The van der Waals surface area contributed by atoms with Crippen LogP contribution in [0, 0.1) is 0 Å². The maximum atomic E-state index is 11.7. The number of hydrogen-bond donors (Lipinski definition) is 0. The summed E-state index contributed by atoms with van der Waals surface area (Å²) in [4.78, 5) is 26.6. The van der Waals surface area contributed by atoms with Crippen LogP contribution in [0.2, 0.25) is 5.02 Å². The van der Waals surface area contributed by atoms with Crippen molar-refractivity contribution >= 4 is 39.5 Å². The van der Waals surface area contributed by atoms with Gasteiger partial charge in [0.1, 0.15) is 5.52 Å². The van der Waals surface area contributed by atoms with Crippen molar-refractivity contribution in [2.45, 2.75) is 0 Å². The Morgan fingerprint density at radius 3 is 2.75 bits per heavy atom. The van der Waals surface area contributed by atoms with E-state index in [2.05, 4.69) is 4.98 Å². The van der Waals surface area contributed by atoms with Crippen molar-refractivity contribution in [2.75, 3.05) is 0 Å². The van der Waals surface area contributed by atoms with Gasteiger partial charge in [0.05, 0.1) is 10.5 Å². The molecule has 0 bridgehead atoms. The second-order valence-electron chi connectivity index (χ2n) is 3.21. The number of para-hydroxylation sites is 1. The quantitative estimate of drug-likeness (QED) is 0.734. The fourth-order valence-electron chi connectivity index (χ4n) is 1.44. The number of carbonyl (C=O) groups excluding carboxylic acids is 1. The molecule has 0 aliphatic carbocycles. The van der Waals surface area contributed by atoms with Crippen LogP contribution in [-0.4, -0.2) is 14.8 Å². The summed E-state index contributed by atoms with van der Waals surface area (Å²) >= 11 is 11.2. The van der Waals surface area contributed by atoms with Gasteiger partial charge < -0.3 is 4.57 Å². The summed E-state index contributed by atoms with van der Waals surface area (Å²) in [5, 5.41) is -0.519. The van der Waals surface area contributed by atoms with Crippen molar-refractivity contribution in [3.8, 4) is 0 Å². The third-order valence-electron chi connectivity index (χ3n) is 2.24.